The van der Waals surface area contributed by atoms with E-state index in [1.54, 1.807) is 6.92 Å². The molecule has 0 aromatic heterocycles. The summed E-state index contributed by atoms with van der Waals surface area (Å²) in [5.74, 6) is 0.278. The van der Waals surface area contributed by atoms with E-state index < -0.39 is 0 Å². The maximum absolute atomic E-state index is 12.1. The van der Waals surface area contributed by atoms with Gasteiger partial charge in [0.25, 0.3) is 0 Å². The van der Waals surface area contributed by atoms with Gasteiger partial charge in [-0.3, -0.25) is 0 Å². The molecule has 2 nitrogen and oxygen atoms in total. The van der Waals surface area contributed by atoms with Crippen molar-refractivity contribution in [3.05, 3.63) is 24.3 Å². The minimum Gasteiger partial charge on any atom is -0.459 e. The second-order valence-corrected chi connectivity index (χ2v) is 7.64. The van der Waals surface area contributed by atoms with Crippen LogP contribution in [0.25, 0.3) is 0 Å². The summed E-state index contributed by atoms with van der Waals surface area (Å²) in [4.78, 5) is 12.1. The molecule has 0 aromatic carbocycles. The van der Waals surface area contributed by atoms with Crippen molar-refractivity contribution < 1.29 is 9.53 Å². The lowest BCUT2D eigenvalue weighted by atomic mass is 9.88. The van der Waals surface area contributed by atoms with Crippen LogP contribution >= 0.6 is 0 Å². The van der Waals surface area contributed by atoms with E-state index in [4.69, 9.17) is 4.74 Å². The first-order valence-electron chi connectivity index (χ1n) is 11.1. The van der Waals surface area contributed by atoms with Crippen LogP contribution in [0.4, 0.5) is 0 Å². The van der Waals surface area contributed by atoms with Gasteiger partial charge in [-0.25, -0.2) is 4.79 Å². The van der Waals surface area contributed by atoms with Crippen LogP contribution in [0, 0.1) is 5.92 Å². The van der Waals surface area contributed by atoms with Gasteiger partial charge in [-0.15, -0.1) is 0 Å². The van der Waals surface area contributed by atoms with Gasteiger partial charge in [0.1, 0.15) is 6.10 Å². The van der Waals surface area contributed by atoms with E-state index in [1.165, 1.54) is 44.9 Å². The van der Waals surface area contributed by atoms with Gasteiger partial charge in [-0.1, -0.05) is 78.0 Å². The van der Waals surface area contributed by atoms with Gasteiger partial charge in [0.05, 0.1) is 0 Å². The van der Waals surface area contributed by atoms with Gasteiger partial charge >= 0.3 is 5.97 Å². The molecule has 0 rings (SSSR count). The van der Waals surface area contributed by atoms with Crippen molar-refractivity contribution in [2.45, 2.75) is 117 Å². The molecule has 0 saturated heterocycles. The first kappa shape index (κ1) is 24.9. The smallest absolute Gasteiger partial charge is 0.333 e. The van der Waals surface area contributed by atoms with Crippen molar-refractivity contribution in [2.24, 2.45) is 5.92 Å². The Labute approximate surface area is 163 Å². The Morgan fingerprint density at radius 2 is 1.58 bits per heavy atom. The van der Waals surface area contributed by atoms with Crippen LogP contribution in [-0.4, -0.2) is 12.1 Å². The molecular formula is C24H44O2. The molecule has 152 valence electrons. The third-order valence-corrected chi connectivity index (χ3v) is 4.98. The number of carbonyl (C=O) groups is 1. The fourth-order valence-corrected chi connectivity index (χ4v) is 3.42. The summed E-state index contributed by atoms with van der Waals surface area (Å²) in [6, 6.07) is 0. The topological polar surface area (TPSA) is 26.3 Å². The molecule has 0 heterocycles. The molecule has 0 aromatic rings. The number of unbranched alkanes of at least 4 members (excludes halogenated alkanes) is 6. The van der Waals surface area contributed by atoms with Crippen LogP contribution in [0.15, 0.2) is 24.3 Å². The molecular weight excluding hydrogens is 320 g/mol. The van der Waals surface area contributed by atoms with Gasteiger partial charge in [-0.05, 0) is 57.8 Å². The predicted molar refractivity (Wildman–Crippen MR) is 114 cm³/mol. The highest BCUT2D eigenvalue weighted by atomic mass is 16.5. The Morgan fingerprint density at radius 3 is 2.19 bits per heavy atom. The van der Waals surface area contributed by atoms with Crippen molar-refractivity contribution in [1.82, 2.24) is 0 Å². The summed E-state index contributed by atoms with van der Waals surface area (Å²) >= 11 is 0. The highest BCUT2D eigenvalue weighted by Gasteiger charge is 2.24. The molecule has 0 aliphatic carbocycles. The highest BCUT2D eigenvalue weighted by molar-refractivity contribution is 5.87. The molecule has 2 atom stereocenters. The molecule has 0 radical (unpaired) electrons. The molecule has 2 heteroatoms. The van der Waals surface area contributed by atoms with E-state index in [9.17, 15) is 4.79 Å². The molecule has 0 bridgehead atoms. The van der Waals surface area contributed by atoms with Crippen LogP contribution < -0.4 is 0 Å². The lowest BCUT2D eigenvalue weighted by molar-refractivity contribution is -0.147. The van der Waals surface area contributed by atoms with Crippen molar-refractivity contribution >= 4 is 5.97 Å². The Morgan fingerprint density at radius 1 is 0.885 bits per heavy atom. The zero-order valence-corrected chi connectivity index (χ0v) is 18.0. The monoisotopic (exact) mass is 364 g/mol. The number of allylic oxidation sites excluding steroid dienone is 2. The van der Waals surface area contributed by atoms with E-state index in [0.717, 1.165) is 38.5 Å². The Hall–Kier alpha value is -1.05. The quantitative estimate of drug-likeness (QED) is 0.114. The number of rotatable bonds is 17. The molecule has 0 fully saturated rings. The summed E-state index contributed by atoms with van der Waals surface area (Å²) < 4.78 is 5.88. The maximum Gasteiger partial charge on any atom is 0.333 e. The summed E-state index contributed by atoms with van der Waals surface area (Å²) in [5.41, 5.74) is 0.515. The van der Waals surface area contributed by atoms with E-state index >= 15 is 0 Å². The van der Waals surface area contributed by atoms with E-state index in [0.29, 0.717) is 11.5 Å². The molecule has 0 amide bonds. The number of hydrogen-bond donors (Lipinski definition) is 0. The normalized spacial score (nSPS) is 13.7. The van der Waals surface area contributed by atoms with E-state index in [1.807, 2.05) is 0 Å². The van der Waals surface area contributed by atoms with Gasteiger partial charge < -0.3 is 4.74 Å². The summed E-state index contributed by atoms with van der Waals surface area (Å²) in [6.07, 6.45) is 20.1. The molecule has 26 heavy (non-hydrogen) atoms. The molecule has 0 aliphatic heterocycles. The van der Waals surface area contributed by atoms with Crippen molar-refractivity contribution in [3.8, 4) is 0 Å². The number of carbonyl (C=O) groups excluding carboxylic acids is 1. The lowest BCUT2D eigenvalue weighted by Gasteiger charge is -2.27. The minimum absolute atomic E-state index is 0.0620. The van der Waals surface area contributed by atoms with Crippen molar-refractivity contribution in [2.75, 3.05) is 0 Å². The maximum atomic E-state index is 12.1. The van der Waals surface area contributed by atoms with E-state index in [2.05, 4.69) is 39.5 Å². The number of ether oxygens (including phenoxy) is 1. The van der Waals surface area contributed by atoms with Gasteiger partial charge in [-0.2, -0.15) is 0 Å². The number of hydrogen-bond acceptors (Lipinski definition) is 2. The Bertz CT molecular complexity index is 384. The largest absolute Gasteiger partial charge is 0.459 e. The molecule has 0 aliphatic rings. The molecule has 0 saturated carbocycles. The second kappa shape index (κ2) is 17.4. The fraction of sp³-hybridized carbons (Fsp3) is 0.792. The number of esters is 1. The van der Waals surface area contributed by atoms with Crippen molar-refractivity contribution in [1.29, 1.82) is 0 Å². The van der Waals surface area contributed by atoms with Crippen LogP contribution in [0.2, 0.25) is 0 Å². The predicted octanol–water partition coefficient (Wildman–Crippen LogP) is 7.78. The SMILES string of the molecule is C=C(C)C(=O)OC(CCCCCCC)C(CCC)CCCC/C=C/CC. The van der Waals surface area contributed by atoms with E-state index in [-0.39, 0.29) is 12.1 Å². The van der Waals surface area contributed by atoms with Crippen molar-refractivity contribution in [3.63, 3.8) is 0 Å². The van der Waals surface area contributed by atoms with Crippen LogP contribution in [0.5, 0.6) is 0 Å². The van der Waals surface area contributed by atoms with Crippen LogP contribution in [-0.2, 0) is 9.53 Å². The zero-order valence-electron chi connectivity index (χ0n) is 18.0. The third-order valence-electron chi connectivity index (χ3n) is 4.98. The summed E-state index contributed by atoms with van der Waals surface area (Å²) in [7, 11) is 0. The lowest BCUT2D eigenvalue weighted by Crippen LogP contribution is -2.27. The molecule has 0 N–H and O–H groups in total. The zero-order chi connectivity index (χ0) is 19.6. The third kappa shape index (κ3) is 13.2. The van der Waals surface area contributed by atoms with Gasteiger partial charge in [0, 0.05) is 5.57 Å². The second-order valence-electron chi connectivity index (χ2n) is 7.64. The van der Waals surface area contributed by atoms with Gasteiger partial charge in [0.2, 0.25) is 0 Å². The Balaban J connectivity index is 4.60. The summed E-state index contributed by atoms with van der Waals surface area (Å²) in [5, 5.41) is 0. The molecule has 0 spiro atoms. The molecule has 2 unspecified atom stereocenters. The first-order valence-corrected chi connectivity index (χ1v) is 11.1. The average molecular weight is 365 g/mol. The minimum atomic E-state index is -0.212. The standard InChI is InChI=1S/C24H44O2/c1-6-9-11-13-15-16-19-22(18-8-3)23(26-24(25)21(4)5)20-17-14-12-10-7-2/h9,11,22-23H,4,6-8,10,12-20H2,1-3,5H3/b11-9+. The first-order chi connectivity index (χ1) is 12.6. The highest BCUT2D eigenvalue weighted by Crippen LogP contribution is 2.26. The average Bonchev–Trinajstić information content (AvgIpc) is 2.62. The Kier molecular flexibility index (Phi) is 16.7. The van der Waals surface area contributed by atoms with Gasteiger partial charge in [0.15, 0.2) is 0 Å². The van der Waals surface area contributed by atoms with Crippen LogP contribution in [0.1, 0.15) is 111 Å². The van der Waals surface area contributed by atoms with Crippen LogP contribution in [0.3, 0.4) is 0 Å². The fourth-order valence-electron chi connectivity index (χ4n) is 3.42. The summed E-state index contributed by atoms with van der Waals surface area (Å²) in [6.45, 7) is 12.1.